The van der Waals surface area contributed by atoms with E-state index in [1.54, 1.807) is 6.08 Å². The van der Waals surface area contributed by atoms with Crippen LogP contribution in [-0.4, -0.2) is 22.4 Å². The van der Waals surface area contributed by atoms with E-state index >= 15 is 0 Å². The van der Waals surface area contributed by atoms with E-state index in [1.165, 1.54) is 18.9 Å². The molecule has 2 rings (SSSR count). The molecule has 23 heavy (non-hydrogen) atoms. The summed E-state index contributed by atoms with van der Waals surface area (Å²) in [5, 5.41) is 3.15. The van der Waals surface area contributed by atoms with Crippen LogP contribution in [0.4, 0.5) is 0 Å². The van der Waals surface area contributed by atoms with Crippen LogP contribution in [0.3, 0.4) is 0 Å². The Hall–Kier alpha value is -1.94. The Kier molecular flexibility index (Phi) is 6.11. The summed E-state index contributed by atoms with van der Waals surface area (Å²) >= 11 is 5.87. The number of allylic oxidation sites excluding steroid dienone is 2. The van der Waals surface area contributed by atoms with Crippen molar-refractivity contribution in [1.29, 1.82) is 0 Å². The molecule has 1 unspecified atom stereocenters. The van der Waals surface area contributed by atoms with Crippen LogP contribution in [0.1, 0.15) is 36.6 Å². The van der Waals surface area contributed by atoms with Crippen molar-refractivity contribution in [3.63, 3.8) is 0 Å². The first-order chi connectivity index (χ1) is 11.0. The number of rotatable bonds is 8. The molecule has 1 fully saturated rings. The van der Waals surface area contributed by atoms with Crippen LogP contribution in [0.15, 0.2) is 48.3 Å². The average molecular weight is 332 g/mol. The monoisotopic (exact) mass is 331 g/mol. The molecule has 1 saturated carbocycles. The van der Waals surface area contributed by atoms with Gasteiger partial charge < -0.3 is 5.32 Å². The lowest BCUT2D eigenvalue weighted by Crippen LogP contribution is -2.30. The Balaban J connectivity index is 2.04. The molecule has 1 aliphatic carbocycles. The minimum absolute atomic E-state index is 0.208. The van der Waals surface area contributed by atoms with Crippen LogP contribution in [0.5, 0.6) is 0 Å². The second-order valence-corrected chi connectivity index (χ2v) is 6.33. The van der Waals surface area contributed by atoms with Gasteiger partial charge in [0, 0.05) is 29.9 Å². The molecule has 0 aliphatic heterocycles. The molecule has 122 valence electrons. The summed E-state index contributed by atoms with van der Waals surface area (Å²) in [6.45, 7) is 9.60. The number of halogens is 1. The number of amides is 1. The first-order valence-corrected chi connectivity index (χ1v) is 8.13. The highest BCUT2D eigenvalue weighted by atomic mass is 35.5. The highest BCUT2D eigenvalue weighted by Crippen LogP contribution is 2.38. The van der Waals surface area contributed by atoms with Crippen molar-refractivity contribution >= 4 is 17.5 Å². The number of nitrogens with zero attached hydrogens (tertiary/aromatic N) is 2. The van der Waals surface area contributed by atoms with Gasteiger partial charge in [0.2, 0.25) is 0 Å². The van der Waals surface area contributed by atoms with Crippen molar-refractivity contribution < 1.29 is 4.79 Å². The van der Waals surface area contributed by atoms with E-state index in [9.17, 15) is 4.79 Å². The molecule has 0 bridgehead atoms. The van der Waals surface area contributed by atoms with Crippen molar-refractivity contribution in [2.24, 2.45) is 5.92 Å². The molecule has 1 heterocycles. The van der Waals surface area contributed by atoms with Crippen LogP contribution >= 0.6 is 11.6 Å². The van der Waals surface area contributed by atoms with E-state index < -0.39 is 0 Å². The van der Waals surface area contributed by atoms with Crippen molar-refractivity contribution in [2.45, 2.75) is 32.1 Å². The van der Waals surface area contributed by atoms with Gasteiger partial charge >= 0.3 is 0 Å². The second kappa shape index (κ2) is 8.06. The lowest BCUT2D eigenvalue weighted by atomic mass is 9.95. The van der Waals surface area contributed by atoms with Crippen LogP contribution in [0, 0.1) is 12.8 Å². The molecule has 5 heteroatoms. The maximum absolute atomic E-state index is 12.3. The molecule has 0 radical (unpaired) electrons. The Bertz CT molecular complexity index is 618. The third kappa shape index (κ3) is 5.32. The number of hydrogen-bond acceptors (Lipinski definition) is 3. The molecule has 1 aromatic rings. The maximum atomic E-state index is 12.3. The summed E-state index contributed by atoms with van der Waals surface area (Å²) in [5.74, 6) is 1.46. The SMILES string of the molecule is C=C/C=C(\C(=C)Cl)C(=O)NCC(CC1CC1)c1cnc(C)nc1. The van der Waals surface area contributed by atoms with Gasteiger partial charge in [0.1, 0.15) is 5.82 Å². The highest BCUT2D eigenvalue weighted by molar-refractivity contribution is 6.35. The van der Waals surface area contributed by atoms with Crippen molar-refractivity contribution in [1.82, 2.24) is 15.3 Å². The van der Waals surface area contributed by atoms with Gasteiger partial charge in [0.25, 0.3) is 5.91 Å². The van der Waals surface area contributed by atoms with E-state index in [0.717, 1.165) is 23.7 Å². The predicted molar refractivity (Wildman–Crippen MR) is 93.1 cm³/mol. The minimum Gasteiger partial charge on any atom is -0.351 e. The van der Waals surface area contributed by atoms with Gasteiger partial charge in [0.15, 0.2) is 0 Å². The fraction of sp³-hybridized carbons (Fsp3) is 0.389. The predicted octanol–water partition coefficient (Wildman–Crippen LogP) is 3.65. The Morgan fingerprint density at radius 2 is 2.13 bits per heavy atom. The summed E-state index contributed by atoms with van der Waals surface area (Å²) in [5.41, 5.74) is 1.40. The topological polar surface area (TPSA) is 54.9 Å². The number of hydrogen-bond donors (Lipinski definition) is 1. The Morgan fingerprint density at radius 3 is 2.65 bits per heavy atom. The molecule has 1 amide bonds. The summed E-state index contributed by atoms with van der Waals surface area (Å²) in [6, 6.07) is 0. The molecule has 1 aliphatic rings. The van der Waals surface area contributed by atoms with E-state index in [4.69, 9.17) is 11.6 Å². The molecular formula is C18H22ClN3O. The van der Waals surface area contributed by atoms with Gasteiger partial charge in [-0.3, -0.25) is 4.79 Å². The molecule has 1 atom stereocenters. The van der Waals surface area contributed by atoms with Gasteiger partial charge in [0.05, 0.1) is 5.57 Å². The van der Waals surface area contributed by atoms with E-state index in [0.29, 0.717) is 12.1 Å². The van der Waals surface area contributed by atoms with Gasteiger partial charge in [-0.2, -0.15) is 0 Å². The van der Waals surface area contributed by atoms with Crippen LogP contribution < -0.4 is 5.32 Å². The summed E-state index contributed by atoms with van der Waals surface area (Å²) < 4.78 is 0. The third-order valence-electron chi connectivity index (χ3n) is 3.92. The number of carbonyl (C=O) groups excluding carboxylic acids is 1. The van der Waals surface area contributed by atoms with E-state index in [-0.39, 0.29) is 16.9 Å². The van der Waals surface area contributed by atoms with Crippen LogP contribution in [0.25, 0.3) is 0 Å². The molecule has 0 spiro atoms. The molecular weight excluding hydrogens is 310 g/mol. The lowest BCUT2D eigenvalue weighted by Gasteiger charge is -2.18. The van der Waals surface area contributed by atoms with Gasteiger partial charge in [-0.1, -0.05) is 43.7 Å². The highest BCUT2D eigenvalue weighted by Gasteiger charge is 2.27. The Morgan fingerprint density at radius 1 is 1.48 bits per heavy atom. The van der Waals surface area contributed by atoms with E-state index in [1.807, 2.05) is 19.3 Å². The summed E-state index contributed by atoms with van der Waals surface area (Å²) in [6.07, 6.45) is 10.3. The zero-order chi connectivity index (χ0) is 16.8. The zero-order valence-electron chi connectivity index (χ0n) is 13.4. The molecule has 1 N–H and O–H groups in total. The van der Waals surface area contributed by atoms with Crippen molar-refractivity contribution in [3.8, 4) is 0 Å². The van der Waals surface area contributed by atoms with Crippen molar-refractivity contribution in [3.05, 3.63) is 59.7 Å². The van der Waals surface area contributed by atoms with Gasteiger partial charge in [-0.15, -0.1) is 0 Å². The lowest BCUT2D eigenvalue weighted by molar-refractivity contribution is -0.117. The smallest absolute Gasteiger partial charge is 0.252 e. The number of nitrogens with one attached hydrogen (secondary N) is 1. The first kappa shape index (κ1) is 17.4. The third-order valence-corrected chi connectivity index (χ3v) is 4.12. The van der Waals surface area contributed by atoms with Crippen molar-refractivity contribution in [2.75, 3.05) is 6.54 Å². The standard InChI is InChI=1S/C18H22ClN3O/c1-4-5-17(12(2)19)18(23)22-9-15(8-14-6-7-14)16-10-20-13(3)21-11-16/h4-5,10-11,14-15H,1-2,6-9H2,3H3,(H,22,23)/b17-5+. The van der Waals surface area contributed by atoms with Crippen LogP contribution in [-0.2, 0) is 4.79 Å². The van der Waals surface area contributed by atoms with Gasteiger partial charge in [-0.05, 0) is 30.9 Å². The van der Waals surface area contributed by atoms with E-state index in [2.05, 4.69) is 28.4 Å². The first-order valence-electron chi connectivity index (χ1n) is 7.75. The molecule has 0 saturated heterocycles. The maximum Gasteiger partial charge on any atom is 0.252 e. The zero-order valence-corrected chi connectivity index (χ0v) is 14.1. The quantitative estimate of drug-likeness (QED) is 0.584. The molecule has 1 aromatic heterocycles. The summed E-state index contributed by atoms with van der Waals surface area (Å²) in [7, 11) is 0. The minimum atomic E-state index is -0.237. The summed E-state index contributed by atoms with van der Waals surface area (Å²) in [4.78, 5) is 20.8. The normalized spacial score (nSPS) is 15.8. The fourth-order valence-electron chi connectivity index (χ4n) is 2.42. The number of aryl methyl sites for hydroxylation is 1. The Labute approximate surface area is 142 Å². The number of aromatic nitrogens is 2. The average Bonchev–Trinajstić information content (AvgIpc) is 3.33. The molecule has 0 aromatic carbocycles. The number of carbonyl (C=O) groups is 1. The molecule has 4 nitrogen and oxygen atoms in total. The largest absolute Gasteiger partial charge is 0.351 e. The second-order valence-electron chi connectivity index (χ2n) is 5.87. The fourth-order valence-corrected chi connectivity index (χ4v) is 2.57. The van der Waals surface area contributed by atoms with Gasteiger partial charge in [-0.25, -0.2) is 9.97 Å². The van der Waals surface area contributed by atoms with Crippen LogP contribution in [0.2, 0.25) is 0 Å².